The van der Waals surface area contributed by atoms with Gasteiger partial charge in [0.05, 0.1) is 10.0 Å². The zero-order chi connectivity index (χ0) is 16.3. The molecule has 1 aliphatic heterocycles. The number of hydrogen-bond acceptors (Lipinski definition) is 4. The Hall–Kier alpha value is -2.07. The summed E-state index contributed by atoms with van der Waals surface area (Å²) < 4.78 is 5.22. The van der Waals surface area contributed by atoms with Gasteiger partial charge < -0.3 is 4.74 Å². The molecule has 8 heteroatoms. The number of terminal acetylenes is 1. The van der Waals surface area contributed by atoms with Gasteiger partial charge in [0, 0.05) is 0 Å². The Bertz CT molecular complexity index is 708. The standard InChI is InChI=1S/C14H8Cl2N2O3S/c1-2-3-21-11-9(15)5-7(6-10(11)16)4-8-12(19)17-14(22)18-13(8)20/h1,4-6H,3H2,(H2,17,18,19,20,22). The Labute approximate surface area is 141 Å². The number of amides is 2. The fraction of sp³-hybridized carbons (Fsp3) is 0.0714. The third kappa shape index (κ3) is 3.57. The van der Waals surface area contributed by atoms with Crippen LogP contribution in [0.15, 0.2) is 17.7 Å². The van der Waals surface area contributed by atoms with Crippen molar-refractivity contribution in [2.24, 2.45) is 0 Å². The summed E-state index contributed by atoms with van der Waals surface area (Å²) in [6, 6.07) is 3.00. The number of benzene rings is 1. The van der Waals surface area contributed by atoms with E-state index < -0.39 is 11.8 Å². The molecule has 0 aromatic heterocycles. The summed E-state index contributed by atoms with van der Waals surface area (Å²) in [5, 5.41) is 5.04. The molecule has 2 rings (SSSR count). The van der Waals surface area contributed by atoms with E-state index >= 15 is 0 Å². The minimum atomic E-state index is -0.603. The van der Waals surface area contributed by atoms with Gasteiger partial charge in [-0.1, -0.05) is 29.1 Å². The van der Waals surface area contributed by atoms with Gasteiger partial charge >= 0.3 is 0 Å². The maximum Gasteiger partial charge on any atom is 0.263 e. The van der Waals surface area contributed by atoms with Crippen molar-refractivity contribution in [3.05, 3.63) is 33.3 Å². The van der Waals surface area contributed by atoms with Gasteiger partial charge in [-0.2, -0.15) is 0 Å². The van der Waals surface area contributed by atoms with Crippen molar-refractivity contribution < 1.29 is 14.3 Å². The molecule has 0 bridgehead atoms. The number of hydrogen-bond donors (Lipinski definition) is 2. The van der Waals surface area contributed by atoms with Crippen LogP contribution in [-0.2, 0) is 9.59 Å². The highest BCUT2D eigenvalue weighted by molar-refractivity contribution is 7.80. The summed E-state index contributed by atoms with van der Waals surface area (Å²) in [4.78, 5) is 23.5. The predicted molar refractivity (Wildman–Crippen MR) is 87.7 cm³/mol. The van der Waals surface area contributed by atoms with Gasteiger partial charge in [-0.15, -0.1) is 6.42 Å². The number of carbonyl (C=O) groups is 2. The Morgan fingerprint density at radius 2 is 1.77 bits per heavy atom. The van der Waals surface area contributed by atoms with Crippen molar-refractivity contribution in [1.82, 2.24) is 10.6 Å². The lowest BCUT2D eigenvalue weighted by atomic mass is 10.1. The fourth-order valence-electron chi connectivity index (χ4n) is 1.69. The van der Waals surface area contributed by atoms with E-state index in [4.69, 9.17) is 46.6 Å². The lowest BCUT2D eigenvalue weighted by Gasteiger charge is -2.16. The maximum atomic E-state index is 11.8. The number of ether oxygens (including phenoxy) is 1. The maximum absolute atomic E-state index is 11.8. The molecule has 112 valence electrons. The molecule has 0 unspecified atom stereocenters. The minimum absolute atomic E-state index is 0.0160. The quantitative estimate of drug-likeness (QED) is 0.376. The molecule has 1 fully saturated rings. The number of rotatable bonds is 3. The van der Waals surface area contributed by atoms with Crippen LogP contribution in [-0.4, -0.2) is 23.5 Å². The van der Waals surface area contributed by atoms with Gasteiger partial charge in [0.2, 0.25) is 0 Å². The number of halogens is 2. The molecule has 1 aliphatic rings. The lowest BCUT2D eigenvalue weighted by Crippen LogP contribution is -2.51. The summed E-state index contributed by atoms with van der Waals surface area (Å²) in [5.41, 5.74) is 0.342. The normalized spacial score (nSPS) is 14.0. The molecule has 5 nitrogen and oxygen atoms in total. The molecule has 2 amide bonds. The van der Waals surface area contributed by atoms with E-state index in [1.807, 2.05) is 0 Å². The molecule has 0 aliphatic carbocycles. The largest absolute Gasteiger partial charge is 0.478 e. The molecular formula is C14H8Cl2N2O3S. The van der Waals surface area contributed by atoms with Crippen LogP contribution in [0.3, 0.4) is 0 Å². The average molecular weight is 355 g/mol. The highest BCUT2D eigenvalue weighted by Crippen LogP contribution is 2.34. The van der Waals surface area contributed by atoms with E-state index in [0.717, 1.165) is 0 Å². The molecule has 0 atom stereocenters. The first kappa shape index (κ1) is 16.3. The third-order valence-electron chi connectivity index (χ3n) is 2.57. The summed E-state index contributed by atoms with van der Waals surface area (Å²) in [5.74, 6) is 1.33. The Kier molecular flexibility index (Phi) is 5.03. The van der Waals surface area contributed by atoms with E-state index in [-0.39, 0.29) is 33.1 Å². The molecule has 1 aromatic carbocycles. The van der Waals surface area contributed by atoms with Gasteiger partial charge in [-0.05, 0) is 36.0 Å². The molecule has 1 saturated heterocycles. The zero-order valence-electron chi connectivity index (χ0n) is 10.9. The van der Waals surface area contributed by atoms with Crippen LogP contribution in [0.4, 0.5) is 0 Å². The molecule has 22 heavy (non-hydrogen) atoms. The van der Waals surface area contributed by atoms with Crippen LogP contribution in [0.1, 0.15) is 5.56 Å². The minimum Gasteiger partial charge on any atom is -0.478 e. The predicted octanol–water partition coefficient (Wildman–Crippen LogP) is 1.92. The SMILES string of the molecule is C#CCOc1c(Cl)cc(C=C2C(=O)NC(=S)NC2=O)cc1Cl. The van der Waals surface area contributed by atoms with Crippen LogP contribution < -0.4 is 15.4 Å². The second-order valence-corrected chi connectivity index (χ2v) is 5.32. The van der Waals surface area contributed by atoms with Crippen LogP contribution in [0.2, 0.25) is 10.0 Å². The number of carbonyl (C=O) groups excluding carboxylic acids is 2. The monoisotopic (exact) mass is 354 g/mol. The molecule has 1 aromatic rings. The van der Waals surface area contributed by atoms with E-state index in [0.29, 0.717) is 5.56 Å². The fourth-order valence-corrected chi connectivity index (χ4v) is 2.49. The topological polar surface area (TPSA) is 67.4 Å². The number of nitrogens with one attached hydrogen (secondary N) is 2. The van der Waals surface area contributed by atoms with Gasteiger partial charge in [0.15, 0.2) is 10.9 Å². The molecule has 1 heterocycles. The van der Waals surface area contributed by atoms with E-state index in [1.54, 1.807) is 0 Å². The Morgan fingerprint density at radius 3 is 2.27 bits per heavy atom. The van der Waals surface area contributed by atoms with Gasteiger partial charge in [-0.3, -0.25) is 20.2 Å². The second kappa shape index (κ2) is 6.79. The van der Waals surface area contributed by atoms with Crippen molar-refractivity contribution in [2.75, 3.05) is 6.61 Å². The van der Waals surface area contributed by atoms with Crippen LogP contribution in [0.5, 0.6) is 5.75 Å². The van der Waals surface area contributed by atoms with Crippen molar-refractivity contribution in [1.29, 1.82) is 0 Å². The highest BCUT2D eigenvalue weighted by atomic mass is 35.5. The molecule has 0 spiro atoms. The van der Waals surface area contributed by atoms with E-state index in [2.05, 4.69) is 16.6 Å². The van der Waals surface area contributed by atoms with Crippen LogP contribution >= 0.6 is 35.4 Å². The van der Waals surface area contributed by atoms with E-state index in [9.17, 15) is 9.59 Å². The summed E-state index contributed by atoms with van der Waals surface area (Å²) in [6.07, 6.45) is 6.44. The summed E-state index contributed by atoms with van der Waals surface area (Å²) >= 11 is 16.8. The van der Waals surface area contributed by atoms with Gasteiger partial charge in [0.1, 0.15) is 12.2 Å². The van der Waals surface area contributed by atoms with Crippen molar-refractivity contribution in [3.63, 3.8) is 0 Å². The smallest absolute Gasteiger partial charge is 0.263 e. The molecule has 0 saturated carbocycles. The molecular weight excluding hydrogens is 347 g/mol. The van der Waals surface area contributed by atoms with Crippen molar-refractivity contribution in [3.8, 4) is 18.1 Å². The van der Waals surface area contributed by atoms with Crippen LogP contribution in [0.25, 0.3) is 6.08 Å². The van der Waals surface area contributed by atoms with E-state index in [1.165, 1.54) is 18.2 Å². The van der Waals surface area contributed by atoms with Crippen LogP contribution in [0, 0.1) is 12.3 Å². The molecule has 2 N–H and O–H groups in total. The Balaban J connectivity index is 2.36. The first-order valence-electron chi connectivity index (χ1n) is 5.86. The van der Waals surface area contributed by atoms with Crippen molar-refractivity contribution >= 4 is 58.4 Å². The lowest BCUT2D eigenvalue weighted by molar-refractivity contribution is -0.123. The first-order chi connectivity index (χ1) is 10.4. The number of thiocarbonyl (C=S) groups is 1. The Morgan fingerprint density at radius 1 is 1.23 bits per heavy atom. The van der Waals surface area contributed by atoms with Crippen molar-refractivity contribution in [2.45, 2.75) is 0 Å². The third-order valence-corrected chi connectivity index (χ3v) is 3.34. The zero-order valence-corrected chi connectivity index (χ0v) is 13.2. The first-order valence-corrected chi connectivity index (χ1v) is 7.02. The van der Waals surface area contributed by atoms with Gasteiger partial charge in [0.25, 0.3) is 11.8 Å². The summed E-state index contributed by atoms with van der Waals surface area (Å²) in [6.45, 7) is 0.0160. The van der Waals surface area contributed by atoms with Gasteiger partial charge in [-0.25, -0.2) is 0 Å². The summed E-state index contributed by atoms with van der Waals surface area (Å²) in [7, 11) is 0. The highest BCUT2D eigenvalue weighted by Gasteiger charge is 2.25. The second-order valence-electron chi connectivity index (χ2n) is 4.10. The average Bonchev–Trinajstić information content (AvgIpc) is 2.42. The molecule has 0 radical (unpaired) electrons.